The van der Waals surface area contributed by atoms with Gasteiger partial charge < -0.3 is 0 Å². The Bertz CT molecular complexity index is 116. The van der Waals surface area contributed by atoms with Crippen LogP contribution in [0, 0.1) is 31.1 Å². The molecule has 0 amide bonds. The molecular weight excluding hydrogens is 132 g/mol. The minimum Gasteiger partial charge on any atom is -0.120 e. The average molecular weight is 151 g/mol. The van der Waals surface area contributed by atoms with E-state index in [0.717, 1.165) is 6.42 Å². The number of hydrogen-bond acceptors (Lipinski definition) is 0. The Morgan fingerprint density at radius 1 is 1.36 bits per heavy atom. The average Bonchev–Trinajstić information content (AvgIpc) is 1.87. The first-order valence-electron chi connectivity index (χ1n) is 4.43. The van der Waals surface area contributed by atoms with E-state index in [1.54, 1.807) is 0 Å². The first kappa shape index (κ1) is 10.6. The van der Waals surface area contributed by atoms with Crippen molar-refractivity contribution >= 4 is 0 Å². The molecule has 0 spiro atoms. The van der Waals surface area contributed by atoms with E-state index in [2.05, 4.69) is 26.7 Å². The third-order valence-electron chi connectivity index (χ3n) is 1.86. The zero-order valence-corrected chi connectivity index (χ0v) is 7.77. The molecule has 0 aliphatic heterocycles. The van der Waals surface area contributed by atoms with Crippen LogP contribution in [0.15, 0.2) is 0 Å². The Morgan fingerprint density at radius 2 is 2.00 bits per heavy atom. The summed E-state index contributed by atoms with van der Waals surface area (Å²) < 4.78 is 0. The molecule has 11 heavy (non-hydrogen) atoms. The zero-order valence-electron chi connectivity index (χ0n) is 7.77. The van der Waals surface area contributed by atoms with Gasteiger partial charge in [-0.1, -0.05) is 33.6 Å². The third kappa shape index (κ3) is 7.46. The van der Waals surface area contributed by atoms with Crippen molar-refractivity contribution in [3.05, 3.63) is 6.92 Å². The van der Waals surface area contributed by atoms with Crippen LogP contribution in [0.2, 0.25) is 0 Å². The van der Waals surface area contributed by atoms with Crippen molar-refractivity contribution in [3.8, 4) is 12.3 Å². The fourth-order valence-corrected chi connectivity index (χ4v) is 1.12. The lowest BCUT2D eigenvalue weighted by atomic mass is 9.98. The first-order valence-corrected chi connectivity index (χ1v) is 4.43. The summed E-state index contributed by atoms with van der Waals surface area (Å²) >= 11 is 0. The van der Waals surface area contributed by atoms with Gasteiger partial charge >= 0.3 is 0 Å². The molecule has 0 bridgehead atoms. The summed E-state index contributed by atoms with van der Waals surface area (Å²) in [6.45, 7) is 8.32. The van der Waals surface area contributed by atoms with Gasteiger partial charge in [0.25, 0.3) is 0 Å². The lowest BCUT2D eigenvalue weighted by molar-refractivity contribution is 0.480. The molecule has 0 aliphatic rings. The van der Waals surface area contributed by atoms with E-state index in [4.69, 9.17) is 6.42 Å². The Hall–Kier alpha value is -0.440. The Labute approximate surface area is 71.4 Å². The van der Waals surface area contributed by atoms with Gasteiger partial charge in [-0.25, -0.2) is 0 Å². The fourth-order valence-electron chi connectivity index (χ4n) is 1.12. The smallest absolute Gasteiger partial charge is 0.0112 e. The Morgan fingerprint density at radius 3 is 2.45 bits per heavy atom. The Kier molecular flexibility index (Phi) is 6.03. The van der Waals surface area contributed by atoms with E-state index >= 15 is 0 Å². The number of terminal acetylenes is 1. The standard InChI is InChI=1S/C11H19/c1-5-7-11(4)9-6-8-10(2)3/h1,10-11H,2,6-9H2,3-4H3. The number of hydrogen-bond donors (Lipinski definition) is 0. The highest BCUT2D eigenvalue weighted by atomic mass is 14.1. The SMILES string of the molecule is C#CCC(C)CCCC([CH2])C. The largest absolute Gasteiger partial charge is 0.120 e. The van der Waals surface area contributed by atoms with Crippen LogP contribution in [-0.2, 0) is 0 Å². The van der Waals surface area contributed by atoms with Crippen molar-refractivity contribution in [2.45, 2.75) is 39.5 Å². The highest BCUT2D eigenvalue weighted by molar-refractivity contribution is 4.85. The quantitative estimate of drug-likeness (QED) is 0.529. The van der Waals surface area contributed by atoms with Crippen LogP contribution in [-0.4, -0.2) is 0 Å². The maximum absolute atomic E-state index is 5.20. The van der Waals surface area contributed by atoms with E-state index in [-0.39, 0.29) is 0 Å². The van der Waals surface area contributed by atoms with Crippen molar-refractivity contribution < 1.29 is 0 Å². The molecule has 0 aromatic rings. The second-order valence-corrected chi connectivity index (χ2v) is 3.55. The van der Waals surface area contributed by atoms with E-state index < -0.39 is 0 Å². The molecule has 2 unspecified atom stereocenters. The van der Waals surface area contributed by atoms with Crippen molar-refractivity contribution in [3.63, 3.8) is 0 Å². The summed E-state index contributed by atoms with van der Waals surface area (Å²) in [7, 11) is 0. The third-order valence-corrected chi connectivity index (χ3v) is 1.86. The van der Waals surface area contributed by atoms with Gasteiger partial charge in [0.2, 0.25) is 0 Å². The molecular formula is C11H19. The highest BCUT2D eigenvalue weighted by Gasteiger charge is 2.00. The van der Waals surface area contributed by atoms with Gasteiger partial charge in [0, 0.05) is 6.42 Å². The van der Waals surface area contributed by atoms with E-state index in [0.29, 0.717) is 11.8 Å². The Balaban J connectivity index is 3.18. The maximum atomic E-state index is 5.20. The van der Waals surface area contributed by atoms with Gasteiger partial charge in [-0.15, -0.1) is 12.3 Å². The van der Waals surface area contributed by atoms with Crippen LogP contribution in [0.3, 0.4) is 0 Å². The van der Waals surface area contributed by atoms with Crippen LogP contribution < -0.4 is 0 Å². The lowest BCUT2D eigenvalue weighted by Gasteiger charge is -2.08. The molecule has 1 radical (unpaired) electrons. The summed E-state index contributed by atoms with van der Waals surface area (Å²) in [5, 5.41) is 0. The van der Waals surface area contributed by atoms with E-state index in [1.165, 1.54) is 19.3 Å². The van der Waals surface area contributed by atoms with Crippen LogP contribution in [0.25, 0.3) is 0 Å². The predicted octanol–water partition coefficient (Wildman–Crippen LogP) is 3.29. The molecule has 0 heterocycles. The van der Waals surface area contributed by atoms with Crippen molar-refractivity contribution in [2.75, 3.05) is 0 Å². The van der Waals surface area contributed by atoms with Gasteiger partial charge in [0.15, 0.2) is 0 Å². The molecule has 63 valence electrons. The van der Waals surface area contributed by atoms with Gasteiger partial charge in [-0.2, -0.15) is 0 Å². The first-order chi connectivity index (χ1) is 5.16. The second-order valence-electron chi connectivity index (χ2n) is 3.55. The molecule has 0 saturated carbocycles. The van der Waals surface area contributed by atoms with E-state index in [1.807, 2.05) is 0 Å². The molecule has 2 atom stereocenters. The summed E-state index contributed by atoms with van der Waals surface area (Å²) in [4.78, 5) is 0. The van der Waals surface area contributed by atoms with Gasteiger partial charge in [0.05, 0.1) is 0 Å². The van der Waals surface area contributed by atoms with Crippen LogP contribution in [0.1, 0.15) is 39.5 Å². The van der Waals surface area contributed by atoms with Gasteiger partial charge in [0.1, 0.15) is 0 Å². The molecule has 0 aromatic heterocycles. The fraction of sp³-hybridized carbons (Fsp3) is 0.727. The van der Waals surface area contributed by atoms with Crippen LogP contribution in [0.5, 0.6) is 0 Å². The van der Waals surface area contributed by atoms with Crippen LogP contribution in [0.4, 0.5) is 0 Å². The zero-order chi connectivity index (χ0) is 8.69. The normalized spacial score (nSPS) is 13.0. The topological polar surface area (TPSA) is 0 Å². The number of rotatable bonds is 5. The molecule has 0 aromatic carbocycles. The molecule has 0 N–H and O–H groups in total. The summed E-state index contributed by atoms with van der Waals surface area (Å²) in [5.74, 6) is 3.97. The minimum atomic E-state index is 0.591. The van der Waals surface area contributed by atoms with E-state index in [9.17, 15) is 0 Å². The molecule has 0 saturated heterocycles. The predicted molar refractivity (Wildman–Crippen MR) is 51.0 cm³/mol. The molecule has 0 aliphatic carbocycles. The van der Waals surface area contributed by atoms with Crippen LogP contribution >= 0.6 is 0 Å². The summed E-state index contributed by atoms with van der Waals surface area (Å²) in [6.07, 6.45) is 9.88. The molecule has 0 fully saturated rings. The van der Waals surface area contributed by atoms with Crippen molar-refractivity contribution in [2.24, 2.45) is 11.8 Å². The van der Waals surface area contributed by atoms with Crippen molar-refractivity contribution in [1.82, 2.24) is 0 Å². The molecule has 0 heteroatoms. The van der Waals surface area contributed by atoms with Gasteiger partial charge in [-0.3, -0.25) is 0 Å². The highest BCUT2D eigenvalue weighted by Crippen LogP contribution is 2.13. The maximum Gasteiger partial charge on any atom is 0.0112 e. The lowest BCUT2D eigenvalue weighted by Crippen LogP contribution is -1.95. The monoisotopic (exact) mass is 151 g/mol. The molecule has 0 nitrogen and oxygen atoms in total. The molecule has 0 rings (SSSR count). The van der Waals surface area contributed by atoms with Gasteiger partial charge in [-0.05, 0) is 18.3 Å². The second kappa shape index (κ2) is 6.28. The minimum absolute atomic E-state index is 0.591. The summed E-state index contributed by atoms with van der Waals surface area (Å²) in [5.41, 5.74) is 0. The van der Waals surface area contributed by atoms with Crippen molar-refractivity contribution in [1.29, 1.82) is 0 Å². The summed E-state index contributed by atoms with van der Waals surface area (Å²) in [6, 6.07) is 0.